The van der Waals surface area contributed by atoms with Crippen molar-refractivity contribution in [2.24, 2.45) is 5.92 Å². The molecule has 0 heterocycles. The van der Waals surface area contributed by atoms with Gasteiger partial charge < -0.3 is 5.32 Å². The summed E-state index contributed by atoms with van der Waals surface area (Å²) in [6.07, 6.45) is 1.19. The molecule has 0 amide bonds. The molecule has 0 aliphatic heterocycles. The molecular weight excluding hydrogens is 226 g/mol. The summed E-state index contributed by atoms with van der Waals surface area (Å²) in [7, 11) is 0. The van der Waals surface area contributed by atoms with Crippen LogP contribution in [0.25, 0.3) is 0 Å². The SMILES string of the molecule is CCCNC(C)c1ccc(SCC(C)C)cc1. The van der Waals surface area contributed by atoms with Crippen molar-refractivity contribution < 1.29 is 0 Å². The monoisotopic (exact) mass is 251 g/mol. The van der Waals surface area contributed by atoms with Crippen molar-refractivity contribution in [1.82, 2.24) is 5.32 Å². The van der Waals surface area contributed by atoms with E-state index in [1.807, 2.05) is 11.8 Å². The molecule has 1 rings (SSSR count). The molecule has 0 fully saturated rings. The van der Waals surface area contributed by atoms with E-state index in [-0.39, 0.29) is 0 Å². The number of nitrogens with one attached hydrogen (secondary N) is 1. The van der Waals surface area contributed by atoms with E-state index in [4.69, 9.17) is 0 Å². The van der Waals surface area contributed by atoms with Crippen molar-refractivity contribution in [3.63, 3.8) is 0 Å². The first-order valence-electron chi connectivity index (χ1n) is 6.59. The Balaban J connectivity index is 2.49. The zero-order valence-corrected chi connectivity index (χ0v) is 12.3. The number of hydrogen-bond acceptors (Lipinski definition) is 2. The Morgan fingerprint density at radius 1 is 1.12 bits per heavy atom. The lowest BCUT2D eigenvalue weighted by Crippen LogP contribution is -2.19. The van der Waals surface area contributed by atoms with Gasteiger partial charge in [-0.1, -0.05) is 32.9 Å². The van der Waals surface area contributed by atoms with Gasteiger partial charge in [0.05, 0.1) is 0 Å². The van der Waals surface area contributed by atoms with Crippen molar-refractivity contribution in [2.45, 2.75) is 45.1 Å². The maximum Gasteiger partial charge on any atom is 0.0291 e. The summed E-state index contributed by atoms with van der Waals surface area (Å²) in [6.45, 7) is 10.0. The third-order valence-electron chi connectivity index (χ3n) is 2.66. The van der Waals surface area contributed by atoms with Crippen molar-refractivity contribution in [3.8, 4) is 0 Å². The Bertz CT molecular complexity index is 305. The lowest BCUT2D eigenvalue weighted by atomic mass is 10.1. The zero-order valence-electron chi connectivity index (χ0n) is 11.5. The Labute approximate surface area is 110 Å². The van der Waals surface area contributed by atoms with E-state index in [0.717, 1.165) is 12.5 Å². The molecule has 0 saturated carbocycles. The van der Waals surface area contributed by atoms with Gasteiger partial charge in [0.25, 0.3) is 0 Å². The fourth-order valence-electron chi connectivity index (χ4n) is 1.59. The summed E-state index contributed by atoms with van der Waals surface area (Å²) < 4.78 is 0. The van der Waals surface area contributed by atoms with Crippen LogP contribution in [-0.4, -0.2) is 12.3 Å². The van der Waals surface area contributed by atoms with E-state index in [0.29, 0.717) is 6.04 Å². The minimum atomic E-state index is 0.457. The van der Waals surface area contributed by atoms with Gasteiger partial charge in [0.15, 0.2) is 0 Å². The zero-order chi connectivity index (χ0) is 12.7. The molecule has 0 aromatic heterocycles. The quantitative estimate of drug-likeness (QED) is 0.716. The maximum atomic E-state index is 3.51. The Morgan fingerprint density at radius 3 is 2.29 bits per heavy atom. The highest BCUT2D eigenvalue weighted by atomic mass is 32.2. The Hall–Kier alpha value is -0.470. The molecule has 1 aromatic carbocycles. The van der Waals surface area contributed by atoms with Crippen LogP contribution in [0.3, 0.4) is 0 Å². The molecule has 0 bridgehead atoms. The van der Waals surface area contributed by atoms with Gasteiger partial charge in [-0.05, 0) is 43.5 Å². The molecule has 1 N–H and O–H groups in total. The molecule has 96 valence electrons. The van der Waals surface area contributed by atoms with E-state index < -0.39 is 0 Å². The van der Waals surface area contributed by atoms with Crippen LogP contribution in [0.1, 0.15) is 45.7 Å². The third kappa shape index (κ3) is 5.60. The van der Waals surface area contributed by atoms with Gasteiger partial charge in [0.1, 0.15) is 0 Å². The van der Waals surface area contributed by atoms with Crippen LogP contribution in [0.2, 0.25) is 0 Å². The molecular formula is C15H25NS. The standard InChI is InChI=1S/C15H25NS/c1-5-10-16-13(4)14-6-8-15(9-7-14)17-11-12(2)3/h6-9,12-13,16H,5,10-11H2,1-4H3. The maximum absolute atomic E-state index is 3.51. The molecule has 0 aliphatic carbocycles. The summed E-state index contributed by atoms with van der Waals surface area (Å²) in [5.74, 6) is 1.95. The average molecular weight is 251 g/mol. The normalized spacial score (nSPS) is 13.0. The summed E-state index contributed by atoms with van der Waals surface area (Å²) in [6, 6.07) is 9.43. The average Bonchev–Trinajstić information content (AvgIpc) is 2.34. The third-order valence-corrected chi connectivity index (χ3v) is 4.10. The van der Waals surface area contributed by atoms with Gasteiger partial charge >= 0.3 is 0 Å². The van der Waals surface area contributed by atoms with Crippen LogP contribution in [-0.2, 0) is 0 Å². The van der Waals surface area contributed by atoms with Crippen molar-refractivity contribution in [3.05, 3.63) is 29.8 Å². The summed E-state index contributed by atoms with van der Waals surface area (Å²) >= 11 is 1.95. The first kappa shape index (κ1) is 14.6. The second kappa shape index (κ2) is 7.78. The summed E-state index contributed by atoms with van der Waals surface area (Å²) in [4.78, 5) is 1.38. The fraction of sp³-hybridized carbons (Fsp3) is 0.600. The molecule has 1 atom stereocenters. The van der Waals surface area contributed by atoms with Crippen molar-refractivity contribution >= 4 is 11.8 Å². The second-order valence-corrected chi connectivity index (χ2v) is 6.04. The van der Waals surface area contributed by atoms with Gasteiger partial charge in [-0.15, -0.1) is 11.8 Å². The van der Waals surface area contributed by atoms with Crippen LogP contribution < -0.4 is 5.32 Å². The molecule has 2 heteroatoms. The van der Waals surface area contributed by atoms with E-state index in [1.165, 1.54) is 22.6 Å². The van der Waals surface area contributed by atoms with Gasteiger partial charge in [-0.2, -0.15) is 0 Å². The minimum Gasteiger partial charge on any atom is -0.310 e. The van der Waals surface area contributed by atoms with Crippen LogP contribution >= 0.6 is 11.8 Å². The van der Waals surface area contributed by atoms with Crippen LogP contribution in [0.15, 0.2) is 29.2 Å². The highest BCUT2D eigenvalue weighted by Crippen LogP contribution is 2.22. The van der Waals surface area contributed by atoms with Crippen molar-refractivity contribution in [1.29, 1.82) is 0 Å². The lowest BCUT2D eigenvalue weighted by Gasteiger charge is -2.14. The number of hydrogen-bond donors (Lipinski definition) is 1. The highest BCUT2D eigenvalue weighted by molar-refractivity contribution is 7.99. The van der Waals surface area contributed by atoms with E-state index in [9.17, 15) is 0 Å². The van der Waals surface area contributed by atoms with E-state index in [1.54, 1.807) is 0 Å². The molecule has 0 saturated heterocycles. The van der Waals surface area contributed by atoms with E-state index >= 15 is 0 Å². The van der Waals surface area contributed by atoms with Gasteiger partial charge in [0.2, 0.25) is 0 Å². The first-order chi connectivity index (χ1) is 8.13. The highest BCUT2D eigenvalue weighted by Gasteiger charge is 2.04. The lowest BCUT2D eigenvalue weighted by molar-refractivity contribution is 0.570. The van der Waals surface area contributed by atoms with Gasteiger partial charge in [-0.3, -0.25) is 0 Å². The molecule has 1 nitrogen and oxygen atoms in total. The summed E-state index contributed by atoms with van der Waals surface area (Å²) in [5, 5.41) is 3.51. The molecule has 0 spiro atoms. The Kier molecular flexibility index (Phi) is 6.68. The Morgan fingerprint density at radius 2 is 1.76 bits per heavy atom. The largest absolute Gasteiger partial charge is 0.310 e. The van der Waals surface area contributed by atoms with Gasteiger partial charge in [0, 0.05) is 16.7 Å². The molecule has 1 aromatic rings. The minimum absolute atomic E-state index is 0.457. The first-order valence-corrected chi connectivity index (χ1v) is 7.58. The second-order valence-electron chi connectivity index (χ2n) is 4.95. The predicted octanol–water partition coefficient (Wildman–Crippen LogP) is 4.50. The fourth-order valence-corrected chi connectivity index (χ4v) is 2.45. The van der Waals surface area contributed by atoms with Crippen LogP contribution in [0, 0.1) is 5.92 Å². The number of thioether (sulfide) groups is 1. The molecule has 0 radical (unpaired) electrons. The number of rotatable bonds is 7. The van der Waals surface area contributed by atoms with Crippen LogP contribution in [0.5, 0.6) is 0 Å². The molecule has 0 aliphatic rings. The molecule has 17 heavy (non-hydrogen) atoms. The van der Waals surface area contributed by atoms with E-state index in [2.05, 4.69) is 57.3 Å². The number of benzene rings is 1. The topological polar surface area (TPSA) is 12.0 Å². The van der Waals surface area contributed by atoms with Gasteiger partial charge in [-0.25, -0.2) is 0 Å². The smallest absolute Gasteiger partial charge is 0.0291 e. The summed E-state index contributed by atoms with van der Waals surface area (Å²) in [5.41, 5.74) is 1.38. The van der Waals surface area contributed by atoms with Crippen LogP contribution in [0.4, 0.5) is 0 Å². The predicted molar refractivity (Wildman–Crippen MR) is 78.7 cm³/mol. The molecule has 1 unspecified atom stereocenters. The van der Waals surface area contributed by atoms with Crippen molar-refractivity contribution in [2.75, 3.05) is 12.3 Å².